The molecule has 2 aromatic rings. The second-order valence-corrected chi connectivity index (χ2v) is 5.79. The summed E-state index contributed by atoms with van der Waals surface area (Å²) in [6.45, 7) is 4.75. The fourth-order valence-electron chi connectivity index (χ4n) is 2.81. The van der Waals surface area contributed by atoms with Crippen molar-refractivity contribution >= 4 is 17.8 Å². The van der Waals surface area contributed by atoms with Gasteiger partial charge in [0.15, 0.2) is 0 Å². The Balaban J connectivity index is 1.74. The van der Waals surface area contributed by atoms with Gasteiger partial charge in [-0.15, -0.1) is 0 Å². The molecule has 3 rings (SSSR count). The summed E-state index contributed by atoms with van der Waals surface area (Å²) < 4.78 is 0. The standard InChI is InChI=1S/C18H19N3O2/c1-13-10-14(2)19-16(11-13)20-8-9-21(18(20)23)17(22)12-15-6-4-3-5-7-15/h3-7,10-11H,8-9,12H2,1-2H3. The Hall–Kier alpha value is -2.69. The highest BCUT2D eigenvalue weighted by molar-refractivity contribution is 6.04. The molecule has 1 aromatic heterocycles. The molecule has 0 unspecified atom stereocenters. The van der Waals surface area contributed by atoms with Crippen LogP contribution in [-0.2, 0) is 11.2 Å². The lowest BCUT2D eigenvalue weighted by Crippen LogP contribution is -2.37. The molecular formula is C18H19N3O2. The summed E-state index contributed by atoms with van der Waals surface area (Å²) in [5, 5.41) is 0. The van der Waals surface area contributed by atoms with Crippen molar-refractivity contribution in [2.75, 3.05) is 18.0 Å². The fraction of sp³-hybridized carbons (Fsp3) is 0.278. The molecule has 1 aliphatic heterocycles. The third-order valence-corrected chi connectivity index (χ3v) is 3.87. The van der Waals surface area contributed by atoms with Crippen molar-refractivity contribution in [2.24, 2.45) is 0 Å². The number of nitrogens with zero attached hydrogens (tertiary/aromatic N) is 3. The van der Waals surface area contributed by atoms with Crippen LogP contribution in [0.25, 0.3) is 0 Å². The highest BCUT2D eigenvalue weighted by atomic mass is 16.2. The SMILES string of the molecule is Cc1cc(C)nc(N2CCN(C(=O)Cc3ccccc3)C2=O)c1. The van der Waals surface area contributed by atoms with Gasteiger partial charge in [0.1, 0.15) is 5.82 Å². The zero-order chi connectivity index (χ0) is 16.4. The van der Waals surface area contributed by atoms with E-state index in [0.29, 0.717) is 18.9 Å². The Morgan fingerprint density at radius 2 is 1.87 bits per heavy atom. The van der Waals surface area contributed by atoms with E-state index in [1.807, 2.05) is 56.3 Å². The van der Waals surface area contributed by atoms with Crippen molar-refractivity contribution in [3.8, 4) is 0 Å². The van der Waals surface area contributed by atoms with Gasteiger partial charge < -0.3 is 0 Å². The number of carbonyl (C=O) groups is 2. The van der Waals surface area contributed by atoms with Crippen molar-refractivity contribution in [1.29, 1.82) is 0 Å². The summed E-state index contributed by atoms with van der Waals surface area (Å²) in [7, 11) is 0. The van der Waals surface area contributed by atoms with Gasteiger partial charge in [-0.3, -0.25) is 14.6 Å². The van der Waals surface area contributed by atoms with E-state index in [4.69, 9.17) is 0 Å². The van der Waals surface area contributed by atoms with Crippen molar-refractivity contribution in [2.45, 2.75) is 20.3 Å². The first-order chi connectivity index (χ1) is 11.0. The summed E-state index contributed by atoms with van der Waals surface area (Å²) in [5.74, 6) is 0.440. The molecule has 1 fully saturated rings. The van der Waals surface area contributed by atoms with Gasteiger partial charge in [-0.2, -0.15) is 0 Å². The van der Waals surface area contributed by atoms with Crippen LogP contribution in [0.3, 0.4) is 0 Å². The maximum Gasteiger partial charge on any atom is 0.332 e. The van der Waals surface area contributed by atoms with Crippen LogP contribution in [0.5, 0.6) is 0 Å². The zero-order valence-electron chi connectivity index (χ0n) is 13.3. The van der Waals surface area contributed by atoms with Gasteiger partial charge in [-0.25, -0.2) is 9.78 Å². The van der Waals surface area contributed by atoms with E-state index in [-0.39, 0.29) is 18.4 Å². The average Bonchev–Trinajstić information content (AvgIpc) is 2.89. The van der Waals surface area contributed by atoms with Gasteiger partial charge in [-0.05, 0) is 37.1 Å². The molecule has 1 aliphatic rings. The first-order valence-electron chi connectivity index (χ1n) is 7.65. The minimum Gasteiger partial charge on any atom is -0.276 e. The molecule has 0 atom stereocenters. The van der Waals surface area contributed by atoms with Crippen LogP contribution in [0.15, 0.2) is 42.5 Å². The van der Waals surface area contributed by atoms with Crippen LogP contribution < -0.4 is 4.90 Å². The molecule has 0 aliphatic carbocycles. The minimum atomic E-state index is -0.288. The van der Waals surface area contributed by atoms with E-state index < -0.39 is 0 Å². The van der Waals surface area contributed by atoms with Crippen LogP contribution in [0.2, 0.25) is 0 Å². The molecule has 118 valence electrons. The first kappa shape index (κ1) is 15.2. The maximum atomic E-state index is 12.6. The van der Waals surface area contributed by atoms with Gasteiger partial charge in [-0.1, -0.05) is 30.3 Å². The minimum absolute atomic E-state index is 0.173. The molecule has 23 heavy (non-hydrogen) atoms. The van der Waals surface area contributed by atoms with E-state index in [1.165, 1.54) is 4.90 Å². The monoisotopic (exact) mass is 309 g/mol. The van der Waals surface area contributed by atoms with Gasteiger partial charge in [0.2, 0.25) is 5.91 Å². The molecule has 0 radical (unpaired) electrons. The predicted molar refractivity (Wildman–Crippen MR) is 88.3 cm³/mol. The zero-order valence-corrected chi connectivity index (χ0v) is 13.3. The number of aryl methyl sites for hydroxylation is 2. The third kappa shape index (κ3) is 3.23. The van der Waals surface area contributed by atoms with E-state index in [0.717, 1.165) is 16.8 Å². The molecule has 0 saturated carbocycles. The number of benzene rings is 1. The Kier molecular flexibility index (Phi) is 4.10. The quantitative estimate of drug-likeness (QED) is 0.876. The molecule has 0 spiro atoms. The lowest BCUT2D eigenvalue weighted by atomic mass is 10.1. The van der Waals surface area contributed by atoms with Crippen LogP contribution in [0.4, 0.5) is 10.6 Å². The first-order valence-corrected chi connectivity index (χ1v) is 7.65. The van der Waals surface area contributed by atoms with Crippen LogP contribution in [0, 0.1) is 13.8 Å². The Morgan fingerprint density at radius 3 is 2.57 bits per heavy atom. The second kappa shape index (κ2) is 6.20. The molecule has 2 heterocycles. The molecule has 5 heteroatoms. The van der Waals surface area contributed by atoms with Gasteiger partial charge >= 0.3 is 6.03 Å². The Bertz CT molecular complexity index is 723. The molecule has 1 saturated heterocycles. The Morgan fingerprint density at radius 1 is 1.13 bits per heavy atom. The number of imide groups is 1. The lowest BCUT2D eigenvalue weighted by molar-refractivity contribution is -0.126. The normalized spacial score (nSPS) is 14.4. The molecular weight excluding hydrogens is 290 g/mol. The van der Waals surface area contributed by atoms with Gasteiger partial charge in [0, 0.05) is 18.8 Å². The number of rotatable bonds is 3. The molecule has 0 N–H and O–H groups in total. The van der Waals surface area contributed by atoms with E-state index in [1.54, 1.807) is 4.90 Å². The summed E-state index contributed by atoms with van der Waals surface area (Å²) in [6, 6.07) is 13.0. The highest BCUT2D eigenvalue weighted by Crippen LogP contribution is 2.20. The largest absolute Gasteiger partial charge is 0.332 e. The Labute approximate surface area is 135 Å². The smallest absolute Gasteiger partial charge is 0.276 e. The molecule has 0 bridgehead atoms. The highest BCUT2D eigenvalue weighted by Gasteiger charge is 2.34. The van der Waals surface area contributed by atoms with Gasteiger partial charge in [0.05, 0.1) is 6.42 Å². The number of urea groups is 1. The summed E-state index contributed by atoms with van der Waals surface area (Å²) in [4.78, 5) is 32.2. The van der Waals surface area contributed by atoms with Gasteiger partial charge in [0.25, 0.3) is 0 Å². The average molecular weight is 309 g/mol. The van der Waals surface area contributed by atoms with Crippen molar-refractivity contribution < 1.29 is 9.59 Å². The van der Waals surface area contributed by atoms with Crippen LogP contribution in [-0.4, -0.2) is 34.9 Å². The third-order valence-electron chi connectivity index (χ3n) is 3.87. The summed E-state index contributed by atoms with van der Waals surface area (Å²) in [6.07, 6.45) is 0.237. The number of aromatic nitrogens is 1. The number of amides is 3. The van der Waals surface area contributed by atoms with Crippen molar-refractivity contribution in [1.82, 2.24) is 9.88 Å². The van der Waals surface area contributed by atoms with Crippen LogP contribution in [0.1, 0.15) is 16.8 Å². The predicted octanol–water partition coefficient (Wildman–Crippen LogP) is 2.71. The molecule has 1 aromatic carbocycles. The van der Waals surface area contributed by atoms with Crippen molar-refractivity contribution in [3.63, 3.8) is 0 Å². The fourth-order valence-corrected chi connectivity index (χ4v) is 2.81. The van der Waals surface area contributed by atoms with Crippen LogP contribution >= 0.6 is 0 Å². The number of anilines is 1. The maximum absolute atomic E-state index is 12.6. The lowest BCUT2D eigenvalue weighted by Gasteiger charge is -2.17. The number of pyridine rings is 1. The van der Waals surface area contributed by atoms with E-state index in [9.17, 15) is 9.59 Å². The summed E-state index contributed by atoms with van der Waals surface area (Å²) in [5.41, 5.74) is 2.82. The number of carbonyl (C=O) groups excluding carboxylic acids is 2. The topological polar surface area (TPSA) is 53.5 Å². The second-order valence-electron chi connectivity index (χ2n) is 5.79. The summed E-state index contributed by atoms with van der Waals surface area (Å²) >= 11 is 0. The molecule has 3 amide bonds. The molecule has 5 nitrogen and oxygen atoms in total. The van der Waals surface area contributed by atoms with E-state index in [2.05, 4.69) is 4.98 Å². The van der Waals surface area contributed by atoms with Crippen molar-refractivity contribution in [3.05, 3.63) is 59.3 Å². The van der Waals surface area contributed by atoms with E-state index >= 15 is 0 Å². The number of hydrogen-bond acceptors (Lipinski definition) is 3. The number of hydrogen-bond donors (Lipinski definition) is 0.